The first-order valence-electron chi connectivity index (χ1n) is 40.4. The number of hydrogen-bond acceptors (Lipinski definition) is 14. The van der Waals surface area contributed by atoms with E-state index in [1.54, 1.807) is 40.0 Å². The second-order valence-corrected chi connectivity index (χ2v) is 34.1. The van der Waals surface area contributed by atoms with Crippen LogP contribution < -0.4 is 16.0 Å². The molecule has 0 aromatic carbocycles. The summed E-state index contributed by atoms with van der Waals surface area (Å²) in [5.41, 5.74) is -2.26. The van der Waals surface area contributed by atoms with E-state index in [0.29, 0.717) is 51.4 Å². The molecule has 5 saturated carbocycles. The summed E-state index contributed by atoms with van der Waals surface area (Å²) in [6.45, 7) is 9.62. The molecule has 8 aliphatic rings. The van der Waals surface area contributed by atoms with Gasteiger partial charge in [-0.1, -0.05) is 66.0 Å². The van der Waals surface area contributed by atoms with Crippen LogP contribution in [0.5, 0.6) is 0 Å². The van der Waals surface area contributed by atoms with Gasteiger partial charge in [-0.2, -0.15) is 26.3 Å². The smallest absolute Gasteiger partial charge is 0.381 e. The lowest BCUT2D eigenvalue weighted by Crippen LogP contribution is -2.71. The molecule has 7 fully saturated rings. The number of nitrogens with zero attached hydrogens (tertiary/aromatic N) is 9. The van der Waals surface area contributed by atoms with Crippen molar-refractivity contribution in [1.29, 1.82) is 0 Å². The number of carbonyl (C=O) groups is 12. The highest BCUT2D eigenvalue weighted by atomic mass is 19.4. The van der Waals surface area contributed by atoms with Crippen molar-refractivity contribution in [1.82, 2.24) is 60.0 Å². The normalized spacial score (nSPS) is 31.9. The van der Waals surface area contributed by atoms with Crippen LogP contribution in [0, 0.1) is 46.8 Å². The van der Waals surface area contributed by atoms with Gasteiger partial charge in [-0.25, -0.2) is 0 Å². The van der Waals surface area contributed by atoms with Crippen molar-refractivity contribution >= 4 is 70.9 Å². The molecule has 0 radical (unpaired) electrons. The zero-order valence-electron chi connectivity index (χ0n) is 67.7. The van der Waals surface area contributed by atoms with Crippen LogP contribution in [-0.4, -0.2) is 289 Å². The molecule has 26 nitrogen and oxygen atoms in total. The van der Waals surface area contributed by atoms with Crippen molar-refractivity contribution in [2.24, 2.45) is 46.8 Å². The number of nitrogens with one attached hydrogen (secondary N) is 3. The Hall–Kier alpha value is -7.12. The fourth-order valence-electron chi connectivity index (χ4n) is 18.8. The van der Waals surface area contributed by atoms with Gasteiger partial charge in [-0.15, -0.1) is 0 Å². The lowest BCUT2D eigenvalue weighted by Gasteiger charge is -2.54. The molecular weight excluding hydrogens is 1450 g/mol. The third kappa shape index (κ3) is 21.7. The van der Waals surface area contributed by atoms with Crippen molar-refractivity contribution in [3.63, 3.8) is 0 Å². The molecule has 626 valence electrons. The summed E-state index contributed by atoms with van der Waals surface area (Å²) in [6, 6.07) is -10.8. The zero-order chi connectivity index (χ0) is 82.1. The fourth-order valence-corrected chi connectivity index (χ4v) is 18.8. The minimum atomic E-state index is -4.57. The van der Waals surface area contributed by atoms with Crippen molar-refractivity contribution in [2.45, 2.75) is 274 Å². The average Bonchev–Trinajstić information content (AvgIpc) is 1.43. The summed E-state index contributed by atoms with van der Waals surface area (Å²) < 4.78 is 97.1. The van der Waals surface area contributed by atoms with Crippen molar-refractivity contribution < 1.29 is 93.4 Å². The van der Waals surface area contributed by atoms with Gasteiger partial charge in [0.25, 0.3) is 0 Å². The number of methoxy groups -OCH3 is 1. The quantitative estimate of drug-likeness (QED) is 0.112. The Balaban J connectivity index is 1.22. The number of rotatable bonds is 15. The summed E-state index contributed by atoms with van der Waals surface area (Å²) in [5.74, 6) is -14.3. The molecule has 111 heavy (non-hydrogen) atoms. The van der Waals surface area contributed by atoms with Crippen LogP contribution in [0.1, 0.15) is 196 Å². The molecule has 3 heterocycles. The summed E-state index contributed by atoms with van der Waals surface area (Å²) in [7, 11) is 11.1. The van der Waals surface area contributed by atoms with Crippen molar-refractivity contribution in [2.75, 3.05) is 95.8 Å². The van der Waals surface area contributed by atoms with Crippen molar-refractivity contribution in [3.05, 3.63) is 12.2 Å². The standard InChI is InChI=1S/C79H124F6N12O14/c1-15-36-89(7)70(104)58-41-62(99)94(12)65(51-30-31-51)68(102)87-64(47(4)16-2)73(107)91(9)44-63(100)92(10)56-25-19-18-22-37-96(72(56)106)59(38-48-26-32-52(33-27-48)78(80,81)82)71(105)90(8)43-61(98)86-55(35-29-49-28-34-54(79(83,84)85)60(39-49)110-14)69(103)97-42-53(111-17-3)40-57(97)67(101)88-77(45-76(5,6)46-77)75(109)95(13)66(74(108)93(58)11)50-23-20-21-24-50/h18-19,47-60,64-66H,15-17,20-46H2,1-14H3,(H,86,98)(H,87,102)(H,88,101)/b19-18-/t47-,48?,49?,52?,53+,54?,55-,56-,57-,58-,59-,60?,64-,65-,66-/m0/s1. The number of hydrogen-bond donors (Lipinski definition) is 3. The maximum absolute atomic E-state index is 15.9. The van der Waals surface area contributed by atoms with Crippen LogP contribution in [0.2, 0.25) is 0 Å². The van der Waals surface area contributed by atoms with Gasteiger partial charge in [-0.3, -0.25) is 57.5 Å². The Morgan fingerprint density at radius 2 is 1.28 bits per heavy atom. The second kappa shape index (κ2) is 37.9. The van der Waals surface area contributed by atoms with Crippen LogP contribution in [0.25, 0.3) is 0 Å². The third-order valence-electron chi connectivity index (χ3n) is 25.4. The van der Waals surface area contributed by atoms with E-state index < -0.39 is 210 Å². The molecule has 2 bridgehead atoms. The molecule has 13 atom stereocenters. The number of alkyl halides is 6. The minimum Gasteiger partial charge on any atom is -0.381 e. The first-order chi connectivity index (χ1) is 52.1. The van der Waals surface area contributed by atoms with E-state index >= 15 is 33.6 Å². The van der Waals surface area contributed by atoms with E-state index in [0.717, 1.165) is 14.7 Å². The highest BCUT2D eigenvalue weighted by Gasteiger charge is 2.60. The summed E-state index contributed by atoms with van der Waals surface area (Å²) in [4.78, 5) is 195. The van der Waals surface area contributed by atoms with E-state index in [9.17, 15) is 50.3 Å². The van der Waals surface area contributed by atoms with Gasteiger partial charge in [0.1, 0.15) is 53.9 Å². The third-order valence-corrected chi connectivity index (χ3v) is 25.4. The molecule has 8 rings (SSSR count). The number of likely N-dealkylation sites (N-methyl/N-ethyl adjacent to an activating group) is 7. The van der Waals surface area contributed by atoms with Crippen LogP contribution in [0.15, 0.2) is 12.2 Å². The molecular formula is C79H124F6N12O14. The first kappa shape index (κ1) is 89.4. The van der Waals surface area contributed by atoms with Crippen molar-refractivity contribution in [3.8, 4) is 0 Å². The molecule has 0 aromatic rings. The number of amides is 12. The lowest BCUT2D eigenvalue weighted by molar-refractivity contribution is -0.215. The number of fused-ring (bicyclic) bond motifs is 3. The fraction of sp³-hybridized carbons (Fsp3) is 0.823. The highest BCUT2D eigenvalue weighted by Crippen LogP contribution is 2.50. The molecule has 3 unspecified atom stereocenters. The van der Waals surface area contributed by atoms with Gasteiger partial charge >= 0.3 is 12.4 Å². The monoisotopic (exact) mass is 1580 g/mol. The van der Waals surface area contributed by atoms with Gasteiger partial charge in [0, 0.05) is 89.1 Å². The zero-order valence-corrected chi connectivity index (χ0v) is 67.7. The molecule has 32 heteroatoms. The maximum atomic E-state index is 15.9. The maximum Gasteiger partial charge on any atom is 0.394 e. The molecule has 12 amide bonds. The van der Waals surface area contributed by atoms with Gasteiger partial charge in [0.15, 0.2) is 0 Å². The molecule has 3 N–H and O–H groups in total. The SMILES string of the molecule is CCCN(C)C(=O)[C@@H]1CC(=O)N(C)[C@@H](C2CC2)C(=O)N[C@@H]([C@@H](C)CC)C(=O)N(C)CC(=O)N(C)[C@H]2C/C=C\CCN(C2=O)[C@@H](CC2CCC(C(F)(F)F)CC2)C(=O)N(C)CC(=O)N[C@@H](CCC2CCC(C(F)(F)F)C(OC)C2)C(=O)N2C[C@H](OCC)C[C@H]2C(=O)NC2(CC(C)(C)C2)C(=O)N(C)[C@@H](C2CCCC2)C(=O)N1C. The topological polar surface area (TPSA) is 289 Å². The van der Waals surface area contributed by atoms with Crippen LogP contribution in [-0.2, 0) is 67.0 Å². The Labute approximate surface area is 650 Å². The lowest BCUT2D eigenvalue weighted by atomic mass is 9.58. The molecule has 3 aliphatic heterocycles. The van der Waals surface area contributed by atoms with E-state index in [4.69, 9.17) is 9.47 Å². The Morgan fingerprint density at radius 3 is 1.86 bits per heavy atom. The Kier molecular flexibility index (Phi) is 30.5. The van der Waals surface area contributed by atoms with Crippen LogP contribution in [0.4, 0.5) is 26.3 Å². The molecule has 2 saturated heterocycles. The average molecular weight is 1580 g/mol. The van der Waals surface area contributed by atoms with Gasteiger partial charge < -0.3 is 69.5 Å². The second-order valence-electron chi connectivity index (χ2n) is 34.1. The number of carbonyl (C=O) groups excluding carboxylic acids is 12. The summed E-state index contributed by atoms with van der Waals surface area (Å²) in [6.07, 6.45) is -4.59. The molecule has 5 aliphatic carbocycles. The van der Waals surface area contributed by atoms with Crippen LogP contribution in [0.3, 0.4) is 0 Å². The Morgan fingerprint density at radius 1 is 0.649 bits per heavy atom. The van der Waals surface area contributed by atoms with Gasteiger partial charge in [-0.05, 0) is 164 Å². The first-order valence-corrected chi connectivity index (χ1v) is 40.4. The summed E-state index contributed by atoms with van der Waals surface area (Å²) in [5, 5.41) is 8.78. The highest BCUT2D eigenvalue weighted by molar-refractivity contribution is 6.01. The predicted octanol–water partition coefficient (Wildman–Crippen LogP) is 6.86. The predicted molar refractivity (Wildman–Crippen MR) is 398 cm³/mol. The number of ether oxygens (including phenoxy) is 2. The van der Waals surface area contributed by atoms with E-state index in [-0.39, 0.29) is 128 Å². The Bertz CT molecular complexity index is 3350. The van der Waals surface area contributed by atoms with E-state index in [1.807, 2.05) is 20.8 Å². The van der Waals surface area contributed by atoms with Gasteiger partial charge in [0.2, 0.25) is 70.9 Å². The van der Waals surface area contributed by atoms with E-state index in [1.165, 1.54) is 78.8 Å². The minimum absolute atomic E-state index is 0.0364. The van der Waals surface area contributed by atoms with Gasteiger partial charge in [0.05, 0.1) is 43.6 Å². The molecule has 1 spiro atoms. The van der Waals surface area contributed by atoms with Crippen LogP contribution >= 0.6 is 0 Å². The summed E-state index contributed by atoms with van der Waals surface area (Å²) >= 11 is 0. The largest absolute Gasteiger partial charge is 0.394 e. The molecule has 0 aromatic heterocycles. The number of halogens is 6. The van der Waals surface area contributed by atoms with E-state index in [2.05, 4.69) is 16.0 Å².